The van der Waals surface area contributed by atoms with E-state index in [4.69, 9.17) is 4.74 Å². The van der Waals surface area contributed by atoms with E-state index >= 15 is 0 Å². The second kappa shape index (κ2) is 11.7. The van der Waals surface area contributed by atoms with Gasteiger partial charge in [-0.05, 0) is 51.1 Å². The zero-order chi connectivity index (χ0) is 17.8. The number of aliphatic imine (C=N–C) groups is 1. The van der Waals surface area contributed by atoms with E-state index in [9.17, 15) is 0 Å². The van der Waals surface area contributed by atoms with Crippen LogP contribution >= 0.6 is 0 Å². The van der Waals surface area contributed by atoms with Gasteiger partial charge in [0.15, 0.2) is 5.96 Å². The predicted octanol–water partition coefficient (Wildman–Crippen LogP) is 2.73. The minimum atomic E-state index is 0.595. The van der Waals surface area contributed by atoms with Gasteiger partial charge in [-0.1, -0.05) is 26.0 Å². The molecule has 0 aliphatic heterocycles. The van der Waals surface area contributed by atoms with E-state index < -0.39 is 0 Å². The van der Waals surface area contributed by atoms with Crippen LogP contribution in [0.15, 0.2) is 29.3 Å². The Bertz CT molecular complexity index is 469. The summed E-state index contributed by atoms with van der Waals surface area (Å²) in [6, 6.07) is 8.21. The van der Waals surface area contributed by atoms with Gasteiger partial charge in [0.05, 0.1) is 13.2 Å². The molecule has 1 rings (SSSR count). The highest BCUT2D eigenvalue weighted by molar-refractivity contribution is 5.79. The van der Waals surface area contributed by atoms with E-state index in [0.29, 0.717) is 12.5 Å². The van der Waals surface area contributed by atoms with Crippen LogP contribution in [-0.2, 0) is 6.54 Å². The lowest BCUT2D eigenvalue weighted by Crippen LogP contribution is -2.39. The fourth-order valence-electron chi connectivity index (χ4n) is 2.07. The molecule has 0 saturated heterocycles. The molecule has 0 aromatic heterocycles. The normalized spacial score (nSPS) is 11.9. The highest BCUT2D eigenvalue weighted by atomic mass is 16.5. The monoisotopic (exact) mass is 334 g/mol. The third-order valence-electron chi connectivity index (χ3n) is 3.38. The molecule has 24 heavy (non-hydrogen) atoms. The molecule has 1 aromatic carbocycles. The molecule has 0 atom stereocenters. The van der Waals surface area contributed by atoms with E-state index in [2.05, 4.69) is 67.5 Å². The lowest BCUT2D eigenvalue weighted by Gasteiger charge is -2.13. The summed E-state index contributed by atoms with van der Waals surface area (Å²) in [6.45, 7) is 10.7. The first-order valence-corrected chi connectivity index (χ1v) is 8.90. The average molecular weight is 335 g/mol. The molecule has 0 saturated carbocycles. The van der Waals surface area contributed by atoms with Crippen LogP contribution in [0.25, 0.3) is 0 Å². The molecular weight excluding hydrogens is 300 g/mol. The predicted molar refractivity (Wildman–Crippen MR) is 103 cm³/mol. The van der Waals surface area contributed by atoms with Crippen molar-refractivity contribution in [3.63, 3.8) is 0 Å². The van der Waals surface area contributed by atoms with Gasteiger partial charge in [-0.3, -0.25) is 0 Å². The Balaban J connectivity index is 2.44. The zero-order valence-corrected chi connectivity index (χ0v) is 15.9. The minimum Gasteiger partial charge on any atom is -0.494 e. The summed E-state index contributed by atoms with van der Waals surface area (Å²) >= 11 is 0. The number of ether oxygens (including phenoxy) is 1. The average Bonchev–Trinajstić information content (AvgIpc) is 2.55. The number of hydrogen-bond acceptors (Lipinski definition) is 3. The zero-order valence-electron chi connectivity index (χ0n) is 15.9. The highest BCUT2D eigenvalue weighted by Crippen LogP contribution is 2.13. The second-order valence-electron chi connectivity index (χ2n) is 6.62. The number of nitrogens with zero attached hydrogens (tertiary/aromatic N) is 2. The number of benzene rings is 1. The molecule has 0 bridgehead atoms. The van der Waals surface area contributed by atoms with Crippen LogP contribution in [0.1, 0.15) is 32.8 Å². The third kappa shape index (κ3) is 9.40. The SMILES string of the molecule is CCNC(=NCc1ccc(OCCCN(C)C)cc1)NCC(C)C. The van der Waals surface area contributed by atoms with Crippen molar-refractivity contribution in [1.29, 1.82) is 0 Å². The van der Waals surface area contributed by atoms with Gasteiger partial charge < -0.3 is 20.3 Å². The summed E-state index contributed by atoms with van der Waals surface area (Å²) in [5.41, 5.74) is 1.18. The molecule has 0 heterocycles. The smallest absolute Gasteiger partial charge is 0.191 e. The lowest BCUT2D eigenvalue weighted by atomic mass is 10.2. The van der Waals surface area contributed by atoms with Crippen molar-refractivity contribution in [3.05, 3.63) is 29.8 Å². The van der Waals surface area contributed by atoms with Gasteiger partial charge >= 0.3 is 0 Å². The number of hydrogen-bond donors (Lipinski definition) is 2. The molecule has 0 radical (unpaired) electrons. The molecule has 0 amide bonds. The van der Waals surface area contributed by atoms with E-state index in [1.54, 1.807) is 0 Å². The van der Waals surface area contributed by atoms with Crippen molar-refractivity contribution in [2.75, 3.05) is 40.3 Å². The highest BCUT2D eigenvalue weighted by Gasteiger charge is 2.00. The van der Waals surface area contributed by atoms with Crippen molar-refractivity contribution in [2.45, 2.75) is 33.7 Å². The first-order valence-electron chi connectivity index (χ1n) is 8.90. The first kappa shape index (κ1) is 20.3. The van der Waals surface area contributed by atoms with Crippen molar-refractivity contribution in [1.82, 2.24) is 15.5 Å². The Kier molecular flexibility index (Phi) is 9.92. The summed E-state index contributed by atoms with van der Waals surface area (Å²) < 4.78 is 5.75. The minimum absolute atomic E-state index is 0.595. The van der Waals surface area contributed by atoms with Gasteiger partial charge in [-0.15, -0.1) is 0 Å². The molecule has 5 nitrogen and oxygen atoms in total. The van der Waals surface area contributed by atoms with E-state index in [0.717, 1.165) is 44.4 Å². The summed E-state index contributed by atoms with van der Waals surface area (Å²) in [4.78, 5) is 6.79. The standard InChI is InChI=1S/C19H34N4O/c1-6-20-19(21-14-16(2)3)22-15-17-8-10-18(11-9-17)24-13-7-12-23(4)5/h8-11,16H,6-7,12-15H2,1-5H3,(H2,20,21,22). The number of nitrogens with one attached hydrogen (secondary N) is 2. The lowest BCUT2D eigenvalue weighted by molar-refractivity contribution is 0.281. The Morgan fingerprint density at radius 2 is 1.88 bits per heavy atom. The summed E-state index contributed by atoms with van der Waals surface area (Å²) in [6.07, 6.45) is 1.03. The topological polar surface area (TPSA) is 48.9 Å². The quantitative estimate of drug-likeness (QED) is 0.392. The Hall–Kier alpha value is -1.75. The Labute approximate surface area is 147 Å². The second-order valence-corrected chi connectivity index (χ2v) is 6.62. The fraction of sp³-hybridized carbons (Fsp3) is 0.632. The van der Waals surface area contributed by atoms with Crippen molar-refractivity contribution < 1.29 is 4.74 Å². The molecule has 0 aliphatic rings. The van der Waals surface area contributed by atoms with Crippen LogP contribution in [0.5, 0.6) is 5.75 Å². The van der Waals surface area contributed by atoms with Crippen LogP contribution in [0, 0.1) is 5.92 Å². The molecule has 136 valence electrons. The van der Waals surface area contributed by atoms with Gasteiger partial charge in [-0.2, -0.15) is 0 Å². The van der Waals surface area contributed by atoms with E-state index in [1.807, 2.05) is 12.1 Å². The first-order chi connectivity index (χ1) is 11.5. The van der Waals surface area contributed by atoms with Gasteiger partial charge in [0.25, 0.3) is 0 Å². The number of rotatable bonds is 10. The maximum absolute atomic E-state index is 5.75. The third-order valence-corrected chi connectivity index (χ3v) is 3.38. The van der Waals surface area contributed by atoms with Crippen LogP contribution < -0.4 is 15.4 Å². The Morgan fingerprint density at radius 3 is 2.46 bits per heavy atom. The molecule has 0 spiro atoms. The van der Waals surface area contributed by atoms with Gasteiger partial charge in [0.2, 0.25) is 0 Å². The fourth-order valence-corrected chi connectivity index (χ4v) is 2.07. The summed E-state index contributed by atoms with van der Waals surface area (Å²) in [5.74, 6) is 2.39. The van der Waals surface area contributed by atoms with Crippen molar-refractivity contribution in [2.24, 2.45) is 10.9 Å². The molecular formula is C19H34N4O. The molecule has 0 unspecified atom stereocenters. The van der Waals surface area contributed by atoms with Crippen LogP contribution in [0.3, 0.4) is 0 Å². The summed E-state index contributed by atoms with van der Waals surface area (Å²) in [5, 5.41) is 6.63. The van der Waals surface area contributed by atoms with Crippen molar-refractivity contribution in [3.8, 4) is 5.75 Å². The molecule has 0 fully saturated rings. The van der Waals surface area contributed by atoms with Gasteiger partial charge in [-0.25, -0.2) is 4.99 Å². The van der Waals surface area contributed by atoms with Crippen LogP contribution in [-0.4, -0.2) is 51.2 Å². The van der Waals surface area contributed by atoms with Crippen LogP contribution in [0.4, 0.5) is 0 Å². The van der Waals surface area contributed by atoms with Crippen molar-refractivity contribution >= 4 is 5.96 Å². The van der Waals surface area contributed by atoms with E-state index in [-0.39, 0.29) is 0 Å². The molecule has 0 aliphatic carbocycles. The van der Waals surface area contributed by atoms with Gasteiger partial charge in [0, 0.05) is 19.6 Å². The van der Waals surface area contributed by atoms with Gasteiger partial charge in [0.1, 0.15) is 5.75 Å². The van der Waals surface area contributed by atoms with E-state index in [1.165, 1.54) is 5.56 Å². The Morgan fingerprint density at radius 1 is 1.17 bits per heavy atom. The largest absolute Gasteiger partial charge is 0.494 e. The number of guanidine groups is 1. The molecule has 2 N–H and O–H groups in total. The van der Waals surface area contributed by atoms with Crippen LogP contribution in [0.2, 0.25) is 0 Å². The molecule has 5 heteroatoms. The molecule has 1 aromatic rings. The maximum Gasteiger partial charge on any atom is 0.191 e. The summed E-state index contributed by atoms with van der Waals surface area (Å²) in [7, 11) is 4.15. The maximum atomic E-state index is 5.75.